The molecule has 156 valence electrons. The van der Waals surface area contributed by atoms with Gasteiger partial charge in [0.1, 0.15) is 22.2 Å². The summed E-state index contributed by atoms with van der Waals surface area (Å²) in [5.41, 5.74) is 0.988. The number of ether oxygens (including phenoxy) is 2. The zero-order chi connectivity index (χ0) is 22.0. The molecular weight excluding hydrogens is 516 g/mol. The van der Waals surface area contributed by atoms with Crippen molar-refractivity contribution in [3.8, 4) is 11.5 Å². The average molecular weight is 536 g/mol. The van der Waals surface area contributed by atoms with Crippen LogP contribution in [0.4, 0.5) is 0 Å². The molecule has 0 saturated heterocycles. The number of rotatable bonds is 4. The van der Waals surface area contributed by atoms with Gasteiger partial charge in [-0.25, -0.2) is 0 Å². The van der Waals surface area contributed by atoms with E-state index < -0.39 is 0 Å². The highest BCUT2D eigenvalue weighted by atomic mass is 79.9. The topological polar surface area (TPSA) is 62.5 Å². The molecule has 3 aromatic rings. The number of aromatic nitrogens is 2. The molecule has 0 saturated carbocycles. The number of methoxy groups -OCH3 is 2. The van der Waals surface area contributed by atoms with E-state index in [-0.39, 0.29) is 21.8 Å². The molecule has 0 aliphatic heterocycles. The van der Waals surface area contributed by atoms with Gasteiger partial charge in [0.15, 0.2) is 0 Å². The molecule has 0 atom stereocenters. The van der Waals surface area contributed by atoms with Crippen LogP contribution >= 0.6 is 31.9 Å². The average Bonchev–Trinajstić information content (AvgIpc) is 2.73. The van der Waals surface area contributed by atoms with Crippen LogP contribution in [0, 0.1) is 0 Å². The normalized spacial score (nSPS) is 12.3. The molecule has 0 radical (unpaired) electrons. The van der Waals surface area contributed by atoms with E-state index in [1.54, 1.807) is 52.6 Å². The first kappa shape index (κ1) is 22.1. The van der Waals surface area contributed by atoms with Crippen molar-refractivity contribution in [3.63, 3.8) is 0 Å². The van der Waals surface area contributed by atoms with Crippen molar-refractivity contribution in [1.82, 2.24) is 9.13 Å². The Morgan fingerprint density at radius 3 is 1.40 bits per heavy atom. The first-order chi connectivity index (χ1) is 14.3. The number of benzene rings is 2. The minimum absolute atomic E-state index is 0.275. The first-order valence-corrected chi connectivity index (χ1v) is 10.5. The van der Waals surface area contributed by atoms with Crippen molar-refractivity contribution in [2.75, 3.05) is 14.2 Å². The minimum Gasteiger partial charge on any atom is -0.496 e. The fourth-order valence-electron chi connectivity index (χ4n) is 3.03. The van der Waals surface area contributed by atoms with Crippen molar-refractivity contribution < 1.29 is 9.47 Å². The molecule has 0 amide bonds. The molecule has 8 heteroatoms. The van der Waals surface area contributed by atoms with Crippen LogP contribution in [-0.2, 0) is 14.1 Å². The van der Waals surface area contributed by atoms with Crippen molar-refractivity contribution >= 4 is 44.0 Å². The summed E-state index contributed by atoms with van der Waals surface area (Å²) in [7, 11) is 6.35. The fourth-order valence-corrected chi connectivity index (χ4v) is 4.14. The summed E-state index contributed by atoms with van der Waals surface area (Å²) in [6.07, 6.45) is 3.36. The summed E-state index contributed by atoms with van der Waals surface area (Å²) < 4.78 is 14.7. The maximum absolute atomic E-state index is 13.0. The summed E-state index contributed by atoms with van der Waals surface area (Å²) in [5.74, 6) is 1.37. The molecule has 1 heterocycles. The van der Waals surface area contributed by atoms with Gasteiger partial charge in [-0.05, 0) is 79.4 Å². The summed E-state index contributed by atoms with van der Waals surface area (Å²) in [4.78, 5) is 26.0. The lowest BCUT2D eigenvalue weighted by Crippen LogP contribution is -2.56. The fraction of sp³-hybridized carbons (Fsp3) is 0.182. The third kappa shape index (κ3) is 4.29. The zero-order valence-electron chi connectivity index (χ0n) is 16.9. The van der Waals surface area contributed by atoms with Crippen LogP contribution in [0.3, 0.4) is 0 Å². The predicted molar refractivity (Wildman–Crippen MR) is 125 cm³/mol. The molecule has 0 bridgehead atoms. The van der Waals surface area contributed by atoms with Gasteiger partial charge in [-0.3, -0.25) is 9.59 Å². The molecular formula is C22H20Br2N2O4. The number of nitrogens with zero attached hydrogens (tertiary/aromatic N) is 2. The van der Waals surface area contributed by atoms with Crippen LogP contribution in [0.15, 0.2) is 54.9 Å². The predicted octanol–water partition coefficient (Wildman–Crippen LogP) is 2.28. The summed E-state index contributed by atoms with van der Waals surface area (Å²) >= 11 is 6.87. The maximum Gasteiger partial charge on any atom is 0.274 e. The Morgan fingerprint density at radius 2 is 1.10 bits per heavy atom. The van der Waals surface area contributed by atoms with E-state index in [2.05, 4.69) is 31.9 Å². The van der Waals surface area contributed by atoms with Crippen molar-refractivity contribution in [2.24, 2.45) is 14.1 Å². The van der Waals surface area contributed by atoms with E-state index in [0.717, 1.165) is 20.1 Å². The number of hydrogen-bond acceptors (Lipinski definition) is 4. The Morgan fingerprint density at radius 1 is 0.733 bits per heavy atom. The van der Waals surface area contributed by atoms with Gasteiger partial charge >= 0.3 is 0 Å². The second-order valence-corrected chi connectivity index (χ2v) is 8.28. The third-order valence-electron chi connectivity index (χ3n) is 4.73. The van der Waals surface area contributed by atoms with Crippen molar-refractivity contribution in [1.29, 1.82) is 0 Å². The van der Waals surface area contributed by atoms with Gasteiger partial charge in [-0.1, -0.05) is 12.1 Å². The molecule has 6 nitrogen and oxygen atoms in total. The van der Waals surface area contributed by atoms with Gasteiger partial charge in [0, 0.05) is 14.1 Å². The minimum atomic E-state index is -0.275. The molecule has 3 rings (SSSR count). The molecule has 0 spiro atoms. The van der Waals surface area contributed by atoms with Gasteiger partial charge in [0.2, 0.25) is 0 Å². The van der Waals surface area contributed by atoms with E-state index >= 15 is 0 Å². The van der Waals surface area contributed by atoms with Crippen LogP contribution in [0.2, 0.25) is 0 Å². The molecule has 0 aliphatic carbocycles. The molecule has 0 N–H and O–H groups in total. The quantitative estimate of drug-likeness (QED) is 0.514. The van der Waals surface area contributed by atoms with E-state index in [9.17, 15) is 9.59 Å². The Labute approximate surface area is 190 Å². The molecule has 0 fully saturated rings. The van der Waals surface area contributed by atoms with Crippen LogP contribution in [0.5, 0.6) is 11.5 Å². The standard InChI is InChI=1S/C22H20Br2N2O4/c1-25-17(11-13-5-7-19(29-3)15(23)9-13)22(28)26(2)18(21(25)27)12-14-6-8-20(30-4)16(24)10-14/h5-12H,1-4H3/b17-11-,18-12-. The highest BCUT2D eigenvalue weighted by Gasteiger charge is 2.08. The summed E-state index contributed by atoms with van der Waals surface area (Å²) in [6.45, 7) is 0. The molecule has 2 aromatic carbocycles. The lowest BCUT2D eigenvalue weighted by atomic mass is 10.2. The Kier molecular flexibility index (Phi) is 6.67. The lowest BCUT2D eigenvalue weighted by molar-refractivity contribution is 0.412. The molecule has 0 unspecified atom stereocenters. The van der Waals surface area contributed by atoms with Gasteiger partial charge in [0.05, 0.1) is 23.2 Å². The number of hydrogen-bond donors (Lipinski definition) is 0. The lowest BCUT2D eigenvalue weighted by Gasteiger charge is -2.07. The van der Waals surface area contributed by atoms with E-state index in [1.165, 1.54) is 9.13 Å². The van der Waals surface area contributed by atoms with Crippen LogP contribution in [-0.4, -0.2) is 23.4 Å². The van der Waals surface area contributed by atoms with Gasteiger partial charge in [-0.2, -0.15) is 0 Å². The SMILES string of the molecule is COc1ccc(/C=c2/c(=O)n(C)/c(=C\c3ccc(OC)c(Br)c3)c(=O)n2C)cc1Br. The van der Waals surface area contributed by atoms with Crippen LogP contribution < -0.4 is 31.3 Å². The molecule has 1 aromatic heterocycles. The second kappa shape index (κ2) is 9.06. The van der Waals surface area contributed by atoms with Gasteiger partial charge in [0.25, 0.3) is 11.1 Å². The first-order valence-electron chi connectivity index (χ1n) is 8.93. The van der Waals surface area contributed by atoms with Crippen molar-refractivity contribution in [3.05, 3.63) is 87.9 Å². The van der Waals surface area contributed by atoms with E-state index in [4.69, 9.17) is 9.47 Å². The van der Waals surface area contributed by atoms with E-state index in [0.29, 0.717) is 11.5 Å². The molecule has 30 heavy (non-hydrogen) atoms. The highest BCUT2D eigenvalue weighted by molar-refractivity contribution is 9.10. The summed E-state index contributed by atoms with van der Waals surface area (Å²) in [6, 6.07) is 10.9. The highest BCUT2D eigenvalue weighted by Crippen LogP contribution is 2.26. The summed E-state index contributed by atoms with van der Waals surface area (Å²) in [5, 5.41) is 0.570. The maximum atomic E-state index is 13.0. The van der Waals surface area contributed by atoms with Crippen LogP contribution in [0.25, 0.3) is 12.2 Å². The van der Waals surface area contributed by atoms with Gasteiger partial charge in [-0.15, -0.1) is 0 Å². The third-order valence-corrected chi connectivity index (χ3v) is 5.97. The van der Waals surface area contributed by atoms with Crippen molar-refractivity contribution in [2.45, 2.75) is 0 Å². The zero-order valence-corrected chi connectivity index (χ0v) is 20.1. The molecule has 0 aliphatic rings. The number of halogens is 2. The van der Waals surface area contributed by atoms with Crippen LogP contribution in [0.1, 0.15) is 11.1 Å². The van der Waals surface area contributed by atoms with E-state index in [1.807, 2.05) is 24.3 Å². The monoisotopic (exact) mass is 534 g/mol. The van der Waals surface area contributed by atoms with Gasteiger partial charge < -0.3 is 18.6 Å². The second-order valence-electron chi connectivity index (χ2n) is 6.58. The largest absolute Gasteiger partial charge is 0.496 e. The smallest absolute Gasteiger partial charge is 0.274 e. The Bertz CT molecular complexity index is 1250. The Hall–Kier alpha value is -2.58. The Balaban J connectivity index is 2.22.